The molecule has 0 unspecified atom stereocenters. The van der Waals surface area contributed by atoms with Crippen molar-refractivity contribution >= 4 is 11.6 Å². The van der Waals surface area contributed by atoms with E-state index in [0.717, 1.165) is 0 Å². The number of benzene rings is 1. The summed E-state index contributed by atoms with van der Waals surface area (Å²) < 4.78 is 43.0. The molecule has 112 valence electrons. The van der Waals surface area contributed by atoms with Crippen LogP contribution in [-0.4, -0.2) is 23.5 Å². The van der Waals surface area contributed by atoms with Gasteiger partial charge in [-0.3, -0.25) is 4.79 Å². The Balaban J connectivity index is 2.26. The van der Waals surface area contributed by atoms with Crippen LogP contribution < -0.4 is 5.73 Å². The number of halogens is 3. The van der Waals surface area contributed by atoms with E-state index >= 15 is 0 Å². The zero-order chi connectivity index (χ0) is 15.5. The number of carbonyl (C=O) groups is 1. The highest BCUT2D eigenvalue weighted by molar-refractivity contribution is 5.99. The summed E-state index contributed by atoms with van der Waals surface area (Å²) in [5, 5.41) is 0. The van der Waals surface area contributed by atoms with Gasteiger partial charge in [-0.05, 0) is 24.3 Å². The van der Waals surface area contributed by atoms with Gasteiger partial charge in [0.25, 0.3) is 5.91 Å². The maximum Gasteiger partial charge on any atom is 0.406 e. The molecule has 1 aromatic heterocycles. The van der Waals surface area contributed by atoms with Gasteiger partial charge in [0, 0.05) is 5.69 Å². The van der Waals surface area contributed by atoms with E-state index in [-0.39, 0.29) is 23.6 Å². The van der Waals surface area contributed by atoms with Crippen molar-refractivity contribution in [1.82, 2.24) is 4.90 Å². The van der Waals surface area contributed by atoms with E-state index in [1.54, 1.807) is 18.2 Å². The number of nitrogen functional groups attached to an aromatic ring is 1. The van der Waals surface area contributed by atoms with Crippen LogP contribution in [-0.2, 0) is 6.54 Å². The first-order chi connectivity index (χ1) is 9.87. The van der Waals surface area contributed by atoms with Crippen LogP contribution in [0.5, 0.6) is 0 Å². The minimum absolute atomic E-state index is 0.0355. The lowest BCUT2D eigenvalue weighted by atomic mass is 10.1. The summed E-state index contributed by atoms with van der Waals surface area (Å²) in [5.74, 6) is -0.524. The molecule has 2 aromatic rings. The second-order valence-electron chi connectivity index (χ2n) is 4.44. The first kappa shape index (κ1) is 15.0. The number of alkyl halides is 3. The molecular weight excluding hydrogens is 285 g/mol. The van der Waals surface area contributed by atoms with E-state index in [1.165, 1.54) is 24.5 Å². The lowest BCUT2D eigenvalue weighted by molar-refractivity contribution is -0.142. The van der Waals surface area contributed by atoms with Gasteiger partial charge < -0.3 is 15.1 Å². The van der Waals surface area contributed by atoms with Crippen LogP contribution in [0, 0.1) is 0 Å². The number of carbonyl (C=O) groups excluding carboxylic acids is 1. The number of anilines is 1. The van der Waals surface area contributed by atoms with Gasteiger partial charge in [-0.1, -0.05) is 12.1 Å². The minimum atomic E-state index is -4.51. The number of hydrogen-bond acceptors (Lipinski definition) is 3. The Kier molecular flexibility index (Phi) is 4.21. The Bertz CT molecular complexity index is 609. The van der Waals surface area contributed by atoms with Crippen molar-refractivity contribution in [2.75, 3.05) is 12.3 Å². The van der Waals surface area contributed by atoms with Crippen molar-refractivity contribution in [3.8, 4) is 0 Å². The molecule has 7 heteroatoms. The number of nitrogens with two attached hydrogens (primary N) is 1. The fourth-order valence-electron chi connectivity index (χ4n) is 1.87. The SMILES string of the molecule is Nc1ccccc1C(=O)N(Cc1ccco1)CC(F)(F)F. The number of nitrogens with zero attached hydrogens (tertiary/aromatic N) is 1. The third-order valence-electron chi connectivity index (χ3n) is 2.78. The average Bonchev–Trinajstić information content (AvgIpc) is 2.89. The van der Waals surface area contributed by atoms with Crippen LogP contribution >= 0.6 is 0 Å². The molecule has 0 aliphatic rings. The van der Waals surface area contributed by atoms with Crippen LogP contribution in [0.1, 0.15) is 16.1 Å². The van der Waals surface area contributed by atoms with Crippen LogP contribution in [0.25, 0.3) is 0 Å². The molecule has 21 heavy (non-hydrogen) atoms. The molecule has 0 saturated heterocycles. The van der Waals surface area contributed by atoms with E-state index in [4.69, 9.17) is 10.2 Å². The van der Waals surface area contributed by atoms with E-state index in [1.807, 2.05) is 0 Å². The molecule has 1 aromatic carbocycles. The Hall–Kier alpha value is -2.44. The highest BCUT2D eigenvalue weighted by Crippen LogP contribution is 2.22. The lowest BCUT2D eigenvalue weighted by Gasteiger charge is -2.23. The smallest absolute Gasteiger partial charge is 0.406 e. The predicted octanol–water partition coefficient (Wildman–Crippen LogP) is 3.07. The van der Waals surface area contributed by atoms with Gasteiger partial charge in [-0.25, -0.2) is 0 Å². The zero-order valence-electron chi connectivity index (χ0n) is 10.9. The number of para-hydroxylation sites is 1. The molecule has 0 aliphatic heterocycles. The largest absolute Gasteiger partial charge is 0.467 e. The molecule has 0 radical (unpaired) electrons. The van der Waals surface area contributed by atoms with Crippen molar-refractivity contribution in [3.05, 3.63) is 54.0 Å². The second kappa shape index (κ2) is 5.90. The third-order valence-corrected chi connectivity index (χ3v) is 2.78. The average molecular weight is 298 g/mol. The lowest BCUT2D eigenvalue weighted by Crippen LogP contribution is -2.38. The molecule has 2 rings (SSSR count). The van der Waals surface area contributed by atoms with Gasteiger partial charge in [0.2, 0.25) is 0 Å². The zero-order valence-corrected chi connectivity index (χ0v) is 10.9. The van der Waals surface area contributed by atoms with Gasteiger partial charge in [0.1, 0.15) is 12.3 Å². The van der Waals surface area contributed by atoms with E-state index < -0.39 is 18.6 Å². The molecule has 0 aliphatic carbocycles. The maximum absolute atomic E-state index is 12.7. The molecule has 0 saturated carbocycles. The number of amides is 1. The highest BCUT2D eigenvalue weighted by atomic mass is 19.4. The summed E-state index contributed by atoms with van der Waals surface area (Å²) in [6.07, 6.45) is -3.17. The quantitative estimate of drug-likeness (QED) is 0.882. The molecule has 2 N–H and O–H groups in total. The number of rotatable bonds is 4. The Morgan fingerprint density at radius 2 is 1.90 bits per heavy atom. The van der Waals surface area contributed by atoms with Crippen LogP contribution in [0.2, 0.25) is 0 Å². The Morgan fingerprint density at radius 3 is 2.48 bits per heavy atom. The van der Waals surface area contributed by atoms with E-state index in [2.05, 4.69) is 0 Å². The van der Waals surface area contributed by atoms with Crippen LogP contribution in [0.4, 0.5) is 18.9 Å². The highest BCUT2D eigenvalue weighted by Gasteiger charge is 2.34. The predicted molar refractivity (Wildman–Crippen MR) is 70.4 cm³/mol. The standard InChI is InChI=1S/C14H13F3N2O2/c15-14(16,17)9-19(8-10-4-3-7-21-10)13(20)11-5-1-2-6-12(11)18/h1-7H,8-9,18H2. The number of hydrogen-bond donors (Lipinski definition) is 1. The first-order valence-corrected chi connectivity index (χ1v) is 6.10. The van der Waals surface area contributed by atoms with Gasteiger partial charge in [0.05, 0.1) is 18.4 Å². The van der Waals surface area contributed by atoms with Crippen molar-refractivity contribution in [2.45, 2.75) is 12.7 Å². The summed E-state index contributed by atoms with van der Waals surface area (Å²) in [4.78, 5) is 12.9. The molecule has 0 fully saturated rings. The summed E-state index contributed by atoms with van der Waals surface area (Å²) in [7, 11) is 0. The van der Waals surface area contributed by atoms with Gasteiger partial charge in [-0.15, -0.1) is 0 Å². The third kappa shape index (κ3) is 4.01. The van der Waals surface area contributed by atoms with Gasteiger partial charge in [-0.2, -0.15) is 13.2 Å². The second-order valence-corrected chi connectivity index (χ2v) is 4.44. The van der Waals surface area contributed by atoms with Crippen LogP contribution in [0.3, 0.4) is 0 Å². The fourth-order valence-corrected chi connectivity index (χ4v) is 1.87. The molecule has 0 spiro atoms. The molecular formula is C14H13F3N2O2. The molecule has 1 heterocycles. The normalized spacial score (nSPS) is 11.4. The maximum atomic E-state index is 12.7. The van der Waals surface area contributed by atoms with Crippen LogP contribution in [0.15, 0.2) is 47.1 Å². The van der Waals surface area contributed by atoms with Gasteiger partial charge >= 0.3 is 6.18 Å². The summed E-state index contributed by atoms with van der Waals surface area (Å²) >= 11 is 0. The van der Waals surface area contributed by atoms with Crippen molar-refractivity contribution in [1.29, 1.82) is 0 Å². The molecule has 0 atom stereocenters. The topological polar surface area (TPSA) is 59.5 Å². The van der Waals surface area contributed by atoms with Crippen molar-refractivity contribution in [2.24, 2.45) is 0 Å². The number of furan rings is 1. The minimum Gasteiger partial charge on any atom is -0.467 e. The van der Waals surface area contributed by atoms with E-state index in [0.29, 0.717) is 4.90 Å². The fraction of sp³-hybridized carbons (Fsp3) is 0.214. The van der Waals surface area contributed by atoms with Crippen molar-refractivity contribution < 1.29 is 22.4 Å². The monoisotopic (exact) mass is 298 g/mol. The summed E-state index contributed by atoms with van der Waals surface area (Å²) in [6, 6.07) is 9.05. The molecule has 1 amide bonds. The Morgan fingerprint density at radius 1 is 1.19 bits per heavy atom. The molecule has 4 nitrogen and oxygen atoms in total. The van der Waals surface area contributed by atoms with E-state index in [9.17, 15) is 18.0 Å². The van der Waals surface area contributed by atoms with Gasteiger partial charge in [0.15, 0.2) is 0 Å². The summed E-state index contributed by atoms with van der Waals surface area (Å²) in [6.45, 7) is -1.65. The Labute approximate surface area is 119 Å². The first-order valence-electron chi connectivity index (χ1n) is 6.10. The molecule has 0 bridgehead atoms. The van der Waals surface area contributed by atoms with Crippen molar-refractivity contribution in [3.63, 3.8) is 0 Å². The summed E-state index contributed by atoms with van der Waals surface area (Å²) in [5.41, 5.74) is 5.81.